The lowest BCUT2D eigenvalue weighted by Crippen LogP contribution is -2.39. The van der Waals surface area contributed by atoms with Gasteiger partial charge in [0.15, 0.2) is 0 Å². The first kappa shape index (κ1) is 19.8. The molecular weight excluding hydrogens is 413 g/mol. The molecule has 3 heterocycles. The zero-order chi connectivity index (χ0) is 22.1. The molecule has 5 rings (SSSR count). The molecule has 0 unspecified atom stereocenters. The van der Waals surface area contributed by atoms with Crippen molar-refractivity contribution < 1.29 is 13.9 Å². The average Bonchev–Trinajstić information content (AvgIpc) is 3.41. The summed E-state index contributed by atoms with van der Waals surface area (Å²) < 4.78 is 22.2. The average molecular weight is 433 g/mol. The second-order valence-electron chi connectivity index (χ2n) is 7.47. The number of aromatic nitrogens is 4. The van der Waals surface area contributed by atoms with Crippen LogP contribution in [-0.2, 0) is 24.4 Å². The maximum absolute atomic E-state index is 13.5. The molecule has 0 saturated carbocycles. The highest BCUT2D eigenvalue weighted by Gasteiger charge is 2.29. The highest BCUT2D eigenvalue weighted by atomic mass is 19.1. The number of carbonyl (C=O) groups is 1. The van der Waals surface area contributed by atoms with Gasteiger partial charge >= 0.3 is 11.8 Å². The molecule has 1 amide bonds. The van der Waals surface area contributed by atoms with Gasteiger partial charge in [0.05, 0.1) is 18.8 Å². The lowest BCUT2D eigenvalue weighted by atomic mass is 10.1. The van der Waals surface area contributed by atoms with Crippen LogP contribution in [0.2, 0.25) is 0 Å². The topological polar surface area (TPSA) is 85.2 Å². The van der Waals surface area contributed by atoms with Gasteiger partial charge in [0, 0.05) is 24.5 Å². The third-order valence-corrected chi connectivity index (χ3v) is 5.42. The molecular formula is C23H20FN5O3. The van der Waals surface area contributed by atoms with Crippen LogP contribution in [0.5, 0.6) is 0 Å². The number of fused-ring (bicyclic) bond motifs is 1. The van der Waals surface area contributed by atoms with Crippen LogP contribution >= 0.6 is 0 Å². The molecule has 2 aromatic carbocycles. The molecule has 9 heteroatoms. The molecule has 0 saturated heterocycles. The summed E-state index contributed by atoms with van der Waals surface area (Å²) in [4.78, 5) is 29.4. The summed E-state index contributed by atoms with van der Waals surface area (Å²) in [6, 6.07) is 15.4. The van der Waals surface area contributed by atoms with Crippen molar-refractivity contribution in [3.8, 4) is 16.9 Å². The number of carbonyl (C=O) groups excluding carboxylic acids is 1. The maximum Gasteiger partial charge on any atom is 0.410 e. The number of hydrogen-bond acceptors (Lipinski definition) is 4. The first-order chi connectivity index (χ1) is 15.6. The first-order valence-corrected chi connectivity index (χ1v) is 10.2. The second kappa shape index (κ2) is 8.18. The highest BCUT2D eigenvalue weighted by molar-refractivity contribution is 5.72. The van der Waals surface area contributed by atoms with E-state index in [0.29, 0.717) is 35.7 Å². The van der Waals surface area contributed by atoms with Crippen molar-refractivity contribution in [2.45, 2.75) is 19.7 Å². The van der Waals surface area contributed by atoms with E-state index in [0.717, 1.165) is 5.56 Å². The van der Waals surface area contributed by atoms with Crippen molar-refractivity contribution in [2.24, 2.45) is 0 Å². The molecule has 0 bridgehead atoms. The number of aromatic amines is 1. The predicted molar refractivity (Wildman–Crippen MR) is 115 cm³/mol. The molecule has 2 aromatic heterocycles. The SMILES string of the molecule is O=C(OCc1ccccc1)N1CCn2nc(-c3ccc(F)cc3)c(-n3cc[nH]c3=O)c2C1. The Bertz CT molecular complexity index is 1310. The van der Waals surface area contributed by atoms with Gasteiger partial charge in [-0.2, -0.15) is 5.10 Å². The quantitative estimate of drug-likeness (QED) is 0.535. The first-order valence-electron chi connectivity index (χ1n) is 10.2. The molecule has 0 aliphatic carbocycles. The lowest BCUT2D eigenvalue weighted by molar-refractivity contribution is 0.0858. The van der Waals surface area contributed by atoms with Crippen molar-refractivity contribution in [3.63, 3.8) is 0 Å². The minimum atomic E-state index is -0.433. The van der Waals surface area contributed by atoms with Crippen molar-refractivity contribution in [2.75, 3.05) is 6.54 Å². The summed E-state index contributed by atoms with van der Waals surface area (Å²) in [6.45, 7) is 1.28. The fraction of sp³-hybridized carbons (Fsp3) is 0.174. The van der Waals surface area contributed by atoms with E-state index in [4.69, 9.17) is 4.74 Å². The Hall–Kier alpha value is -4.14. The number of halogens is 1. The van der Waals surface area contributed by atoms with Gasteiger partial charge in [-0.1, -0.05) is 30.3 Å². The van der Waals surface area contributed by atoms with Crippen LogP contribution in [0.1, 0.15) is 11.3 Å². The van der Waals surface area contributed by atoms with Gasteiger partial charge in [0.25, 0.3) is 0 Å². The summed E-state index contributed by atoms with van der Waals surface area (Å²) in [5, 5.41) is 4.68. The van der Waals surface area contributed by atoms with Crippen molar-refractivity contribution in [1.82, 2.24) is 24.2 Å². The van der Waals surface area contributed by atoms with Crippen LogP contribution in [0.3, 0.4) is 0 Å². The molecule has 8 nitrogen and oxygen atoms in total. The number of imidazole rings is 1. The van der Waals surface area contributed by atoms with Crippen LogP contribution in [0, 0.1) is 5.82 Å². The summed E-state index contributed by atoms with van der Waals surface area (Å²) in [6.07, 6.45) is 2.71. The smallest absolute Gasteiger partial charge is 0.410 e. The molecule has 1 aliphatic heterocycles. The van der Waals surface area contributed by atoms with E-state index in [2.05, 4.69) is 10.1 Å². The Morgan fingerprint density at radius 2 is 1.88 bits per heavy atom. The van der Waals surface area contributed by atoms with Gasteiger partial charge in [-0.25, -0.2) is 14.0 Å². The highest BCUT2D eigenvalue weighted by Crippen LogP contribution is 2.31. The van der Waals surface area contributed by atoms with Gasteiger partial charge in [-0.3, -0.25) is 9.25 Å². The minimum absolute atomic E-state index is 0.181. The van der Waals surface area contributed by atoms with Crippen LogP contribution in [0.15, 0.2) is 71.8 Å². The van der Waals surface area contributed by atoms with Crippen LogP contribution in [0.4, 0.5) is 9.18 Å². The number of nitrogens with zero attached hydrogens (tertiary/aromatic N) is 4. The molecule has 1 N–H and O–H groups in total. The molecule has 1 aliphatic rings. The third kappa shape index (κ3) is 3.68. The van der Waals surface area contributed by atoms with Crippen molar-refractivity contribution >= 4 is 6.09 Å². The van der Waals surface area contributed by atoms with E-state index in [1.54, 1.807) is 27.9 Å². The molecule has 4 aromatic rings. The van der Waals surface area contributed by atoms with Gasteiger partial charge < -0.3 is 14.6 Å². The molecule has 162 valence electrons. The van der Waals surface area contributed by atoms with Crippen LogP contribution in [-0.4, -0.2) is 36.9 Å². The summed E-state index contributed by atoms with van der Waals surface area (Å²) >= 11 is 0. The monoisotopic (exact) mass is 433 g/mol. The number of amides is 1. The van der Waals surface area contributed by atoms with Crippen LogP contribution < -0.4 is 5.69 Å². The Labute approximate surface area is 182 Å². The number of H-pyrrole nitrogens is 1. The zero-order valence-corrected chi connectivity index (χ0v) is 17.1. The number of rotatable bonds is 4. The Balaban J connectivity index is 1.47. The van der Waals surface area contributed by atoms with E-state index in [9.17, 15) is 14.0 Å². The second-order valence-corrected chi connectivity index (χ2v) is 7.47. The molecule has 32 heavy (non-hydrogen) atoms. The zero-order valence-electron chi connectivity index (χ0n) is 17.1. The summed E-state index contributed by atoms with van der Waals surface area (Å²) in [7, 11) is 0. The lowest BCUT2D eigenvalue weighted by Gasteiger charge is -2.27. The number of hydrogen-bond donors (Lipinski definition) is 1. The van der Waals surface area contributed by atoms with E-state index in [1.807, 2.05) is 30.3 Å². The molecule has 0 atom stereocenters. The van der Waals surface area contributed by atoms with Gasteiger partial charge in [-0.15, -0.1) is 0 Å². The Morgan fingerprint density at radius 1 is 1.09 bits per heavy atom. The molecule has 0 spiro atoms. The normalized spacial score (nSPS) is 13.1. The van der Waals surface area contributed by atoms with E-state index < -0.39 is 6.09 Å². The number of ether oxygens (including phenoxy) is 1. The van der Waals surface area contributed by atoms with Crippen molar-refractivity contribution in [1.29, 1.82) is 0 Å². The van der Waals surface area contributed by atoms with Gasteiger partial charge in [-0.05, 0) is 29.8 Å². The molecule has 0 radical (unpaired) electrons. The number of benzene rings is 2. The van der Waals surface area contributed by atoms with E-state index in [-0.39, 0.29) is 24.7 Å². The molecule has 0 fully saturated rings. The van der Waals surface area contributed by atoms with E-state index in [1.165, 1.54) is 22.9 Å². The minimum Gasteiger partial charge on any atom is -0.445 e. The standard InChI is InChI=1S/C23H20FN5O3/c24-18-8-6-17(7-9-18)20-21(28-11-10-25-22(28)30)19-14-27(12-13-29(19)26-20)23(31)32-15-16-4-2-1-3-5-16/h1-11H,12-15H2,(H,25,30). The third-order valence-electron chi connectivity index (χ3n) is 5.42. The fourth-order valence-corrected chi connectivity index (χ4v) is 3.82. The summed E-state index contributed by atoms with van der Waals surface area (Å²) in [5.41, 5.74) is 3.06. The van der Waals surface area contributed by atoms with Crippen molar-refractivity contribution in [3.05, 3.63) is 94.5 Å². The van der Waals surface area contributed by atoms with Gasteiger partial charge in [0.2, 0.25) is 0 Å². The Morgan fingerprint density at radius 3 is 2.59 bits per heavy atom. The Kier molecular flexibility index (Phi) is 5.06. The van der Waals surface area contributed by atoms with Crippen LogP contribution in [0.25, 0.3) is 16.9 Å². The largest absolute Gasteiger partial charge is 0.445 e. The summed E-state index contributed by atoms with van der Waals surface area (Å²) in [5.74, 6) is -0.356. The van der Waals surface area contributed by atoms with Gasteiger partial charge in [0.1, 0.15) is 23.8 Å². The predicted octanol–water partition coefficient (Wildman–Crippen LogP) is 3.32. The maximum atomic E-state index is 13.5. The fourth-order valence-electron chi connectivity index (χ4n) is 3.82. The van der Waals surface area contributed by atoms with E-state index >= 15 is 0 Å². The number of nitrogens with one attached hydrogen (secondary N) is 1.